The lowest BCUT2D eigenvalue weighted by atomic mass is 9.95. The van der Waals surface area contributed by atoms with Crippen LogP contribution in [0.2, 0.25) is 0 Å². The first kappa shape index (κ1) is 27.7. The normalized spacial score (nSPS) is 15.1. The van der Waals surface area contributed by atoms with Gasteiger partial charge in [-0.2, -0.15) is 4.31 Å². The van der Waals surface area contributed by atoms with Gasteiger partial charge in [0.15, 0.2) is 12.0 Å². The Bertz CT molecular complexity index is 1200. The van der Waals surface area contributed by atoms with E-state index < -0.39 is 16.0 Å². The molecule has 0 unspecified atom stereocenters. The number of carboxylic acids is 1. The van der Waals surface area contributed by atoms with Crippen molar-refractivity contribution < 1.29 is 33.0 Å². The number of sulfonamides is 1. The molecule has 0 radical (unpaired) electrons. The van der Waals surface area contributed by atoms with Crippen molar-refractivity contribution in [1.82, 2.24) is 8.98 Å². The second-order valence-corrected chi connectivity index (χ2v) is 10.8. The highest BCUT2D eigenvalue weighted by Gasteiger charge is 2.30. The molecule has 36 heavy (non-hydrogen) atoms. The summed E-state index contributed by atoms with van der Waals surface area (Å²) in [5, 5.41) is 19.1. The van der Waals surface area contributed by atoms with Gasteiger partial charge >= 0.3 is 5.97 Å². The highest BCUT2D eigenvalue weighted by atomic mass is 32.2. The summed E-state index contributed by atoms with van der Waals surface area (Å²) in [5.41, 5.74) is 4.36. The summed E-state index contributed by atoms with van der Waals surface area (Å²) in [6.07, 6.45) is 3.79. The summed E-state index contributed by atoms with van der Waals surface area (Å²) < 4.78 is 35.4. The van der Waals surface area contributed by atoms with Crippen LogP contribution in [-0.4, -0.2) is 66.2 Å². The standard InChI is InChI=1S/C25H35N3O7S/c1-4-6-22-20(16-30)17(3)24(25(31)32)28(22)26-21-15-19(7-8-23(21)35-5-2)36(33,34)27-12-9-18(10-13-27)11-14-29/h7-8,15-16,18,26,29H,4-6,9-14H2,1-3H3,(H,31,32). The average molecular weight is 522 g/mol. The monoisotopic (exact) mass is 521 g/mol. The summed E-state index contributed by atoms with van der Waals surface area (Å²) in [6, 6.07) is 4.47. The molecule has 1 saturated heterocycles. The molecule has 0 saturated carbocycles. The van der Waals surface area contributed by atoms with Gasteiger partial charge in [-0.25, -0.2) is 13.2 Å². The van der Waals surface area contributed by atoms with E-state index in [2.05, 4.69) is 5.43 Å². The van der Waals surface area contributed by atoms with Gasteiger partial charge in [0, 0.05) is 25.3 Å². The number of carboxylic acid groups (broad SMARTS) is 1. The lowest BCUT2D eigenvalue weighted by molar-refractivity contribution is 0.0686. The van der Waals surface area contributed by atoms with Gasteiger partial charge in [0.1, 0.15) is 5.75 Å². The molecule has 0 spiro atoms. The molecule has 2 heterocycles. The number of hydrogen-bond donors (Lipinski definition) is 3. The second-order valence-electron chi connectivity index (χ2n) is 8.90. The van der Waals surface area contributed by atoms with E-state index in [0.29, 0.717) is 86.6 Å². The van der Waals surface area contributed by atoms with Gasteiger partial charge in [-0.15, -0.1) is 0 Å². The molecule has 0 amide bonds. The highest BCUT2D eigenvalue weighted by Crippen LogP contribution is 2.33. The lowest BCUT2D eigenvalue weighted by Crippen LogP contribution is -2.38. The van der Waals surface area contributed by atoms with Crippen LogP contribution in [0.1, 0.15) is 71.6 Å². The fourth-order valence-corrected chi connectivity index (χ4v) is 6.21. The van der Waals surface area contributed by atoms with Crippen LogP contribution in [0.15, 0.2) is 23.1 Å². The number of aromatic carboxylic acids is 1. The summed E-state index contributed by atoms with van der Waals surface area (Å²) in [7, 11) is -3.81. The van der Waals surface area contributed by atoms with E-state index in [1.54, 1.807) is 19.9 Å². The van der Waals surface area contributed by atoms with Crippen molar-refractivity contribution in [1.29, 1.82) is 0 Å². The van der Waals surface area contributed by atoms with Crippen LogP contribution in [0.3, 0.4) is 0 Å². The number of carbonyl (C=O) groups excluding carboxylic acids is 1. The topological polar surface area (TPSA) is 138 Å². The first-order chi connectivity index (χ1) is 17.2. The first-order valence-electron chi connectivity index (χ1n) is 12.3. The maximum absolute atomic E-state index is 13.4. The predicted molar refractivity (Wildman–Crippen MR) is 135 cm³/mol. The molecule has 3 rings (SSSR count). The van der Waals surface area contributed by atoms with Crippen LogP contribution in [0, 0.1) is 12.8 Å². The minimum absolute atomic E-state index is 0.0578. The molecule has 2 aromatic rings. The van der Waals surface area contributed by atoms with E-state index >= 15 is 0 Å². The molecule has 3 N–H and O–H groups in total. The van der Waals surface area contributed by atoms with Crippen molar-refractivity contribution in [2.45, 2.75) is 57.8 Å². The third-order valence-corrected chi connectivity index (χ3v) is 8.50. The van der Waals surface area contributed by atoms with Crippen LogP contribution in [0.5, 0.6) is 5.75 Å². The van der Waals surface area contributed by atoms with Gasteiger partial charge in [-0.05, 0) is 69.2 Å². The van der Waals surface area contributed by atoms with Gasteiger partial charge in [0.2, 0.25) is 10.0 Å². The molecule has 0 atom stereocenters. The van der Waals surface area contributed by atoms with E-state index in [4.69, 9.17) is 4.74 Å². The number of aliphatic hydroxyl groups is 1. The first-order valence-corrected chi connectivity index (χ1v) is 13.7. The number of ether oxygens (including phenoxy) is 1. The summed E-state index contributed by atoms with van der Waals surface area (Å²) in [5.74, 6) is -0.553. The van der Waals surface area contributed by atoms with Crippen molar-refractivity contribution in [2.24, 2.45) is 5.92 Å². The fraction of sp³-hybridized carbons (Fsp3) is 0.520. The smallest absolute Gasteiger partial charge is 0.354 e. The van der Waals surface area contributed by atoms with Crippen LogP contribution in [0.4, 0.5) is 5.69 Å². The number of rotatable bonds is 12. The molecule has 0 bridgehead atoms. The second kappa shape index (κ2) is 11.9. The Labute approximate surface area is 211 Å². The Hall–Kier alpha value is -2.89. The fourth-order valence-electron chi connectivity index (χ4n) is 4.71. The molecule has 1 aliphatic rings. The molecule has 1 aromatic heterocycles. The maximum atomic E-state index is 13.4. The Morgan fingerprint density at radius 2 is 1.94 bits per heavy atom. The van der Waals surface area contributed by atoms with E-state index in [9.17, 15) is 28.2 Å². The zero-order valence-electron chi connectivity index (χ0n) is 21.0. The number of hydrogen-bond acceptors (Lipinski definition) is 7. The summed E-state index contributed by atoms with van der Waals surface area (Å²) >= 11 is 0. The number of aldehydes is 1. The maximum Gasteiger partial charge on any atom is 0.354 e. The van der Waals surface area contributed by atoms with Crippen LogP contribution >= 0.6 is 0 Å². The quantitative estimate of drug-likeness (QED) is 0.362. The molecule has 11 heteroatoms. The minimum atomic E-state index is -3.81. The molecule has 1 aliphatic heterocycles. The van der Waals surface area contributed by atoms with Crippen molar-refractivity contribution >= 4 is 28.0 Å². The third-order valence-electron chi connectivity index (χ3n) is 6.60. The largest absolute Gasteiger partial charge is 0.492 e. The SMILES string of the molecule is CCCc1c(C=O)c(C)c(C(=O)O)n1Nc1cc(S(=O)(=O)N2CCC(CCO)CC2)ccc1OCC. The molecular formula is C25H35N3O7S. The number of nitrogens with one attached hydrogen (secondary N) is 1. The molecular weight excluding hydrogens is 486 g/mol. The molecule has 198 valence electrons. The zero-order chi connectivity index (χ0) is 26.5. The van der Waals surface area contributed by atoms with Crippen molar-refractivity contribution in [3.05, 3.63) is 40.7 Å². The highest BCUT2D eigenvalue weighted by molar-refractivity contribution is 7.89. The van der Waals surface area contributed by atoms with Crippen LogP contribution in [0.25, 0.3) is 0 Å². The Morgan fingerprint density at radius 3 is 2.50 bits per heavy atom. The molecule has 1 aromatic carbocycles. The van der Waals surface area contributed by atoms with Crippen LogP contribution < -0.4 is 10.2 Å². The number of aliphatic hydroxyl groups excluding tert-OH is 1. The number of piperidine rings is 1. The van der Waals surface area contributed by atoms with Crippen molar-refractivity contribution in [3.63, 3.8) is 0 Å². The number of benzene rings is 1. The predicted octanol–water partition coefficient (Wildman–Crippen LogP) is 3.32. The number of anilines is 1. The molecule has 1 fully saturated rings. The van der Waals surface area contributed by atoms with E-state index in [0.717, 1.165) is 0 Å². The molecule has 0 aliphatic carbocycles. The minimum Gasteiger partial charge on any atom is -0.492 e. The van der Waals surface area contributed by atoms with E-state index in [-0.39, 0.29) is 22.9 Å². The van der Waals surface area contributed by atoms with Gasteiger partial charge in [-0.3, -0.25) is 14.9 Å². The van der Waals surface area contributed by atoms with Crippen LogP contribution in [-0.2, 0) is 16.4 Å². The van der Waals surface area contributed by atoms with Gasteiger partial charge in [0.05, 0.1) is 22.9 Å². The average Bonchev–Trinajstić information content (AvgIpc) is 3.11. The Morgan fingerprint density at radius 1 is 1.25 bits per heavy atom. The summed E-state index contributed by atoms with van der Waals surface area (Å²) in [6.45, 7) is 6.43. The lowest BCUT2D eigenvalue weighted by Gasteiger charge is -2.31. The Balaban J connectivity index is 2.04. The molecule has 10 nitrogen and oxygen atoms in total. The van der Waals surface area contributed by atoms with Crippen molar-refractivity contribution in [3.8, 4) is 5.75 Å². The summed E-state index contributed by atoms with van der Waals surface area (Å²) in [4.78, 5) is 24.0. The number of nitrogens with zero attached hydrogens (tertiary/aromatic N) is 2. The number of carbonyl (C=O) groups is 2. The van der Waals surface area contributed by atoms with Gasteiger partial charge in [-0.1, -0.05) is 13.3 Å². The van der Waals surface area contributed by atoms with E-state index in [1.165, 1.54) is 21.1 Å². The van der Waals surface area contributed by atoms with E-state index in [1.807, 2.05) is 6.92 Å². The van der Waals surface area contributed by atoms with Gasteiger partial charge in [0.25, 0.3) is 0 Å². The zero-order valence-corrected chi connectivity index (χ0v) is 21.8. The number of aromatic nitrogens is 1. The van der Waals surface area contributed by atoms with Crippen molar-refractivity contribution in [2.75, 3.05) is 31.7 Å². The Kier molecular flexibility index (Phi) is 9.15. The van der Waals surface area contributed by atoms with Gasteiger partial charge < -0.3 is 14.9 Å². The third kappa shape index (κ3) is 5.58.